The van der Waals surface area contributed by atoms with E-state index in [2.05, 4.69) is 5.32 Å². The van der Waals surface area contributed by atoms with Gasteiger partial charge in [0.2, 0.25) is 5.91 Å². The van der Waals surface area contributed by atoms with Crippen LogP contribution in [-0.2, 0) is 52.3 Å². The minimum Gasteiger partial charge on any atom is -0.481 e. The van der Waals surface area contributed by atoms with Gasteiger partial charge in [-0.2, -0.15) is 0 Å². The number of carbonyl (C=O) groups is 4. The van der Waals surface area contributed by atoms with Crippen LogP contribution in [0.1, 0.15) is 30.0 Å². The number of rotatable bonds is 15. The third-order valence-corrected chi connectivity index (χ3v) is 8.57. The molecule has 2 atom stereocenters. The van der Waals surface area contributed by atoms with Crippen molar-refractivity contribution >= 4 is 33.5 Å². The fourth-order valence-electron chi connectivity index (χ4n) is 4.20. The molecule has 41 heavy (non-hydrogen) atoms. The van der Waals surface area contributed by atoms with Crippen molar-refractivity contribution in [2.24, 2.45) is 5.92 Å². The van der Waals surface area contributed by atoms with Gasteiger partial charge in [0, 0.05) is 0 Å². The van der Waals surface area contributed by atoms with Crippen molar-refractivity contribution < 1.29 is 37.4 Å². The number of ketones is 1. The Morgan fingerprint density at radius 2 is 1.24 bits per heavy atom. The number of Topliss-reactive ketones (excluding diaryl/α,β-unsaturated/α-hetero) is 1. The molecule has 2 unspecified atom stereocenters. The van der Waals surface area contributed by atoms with Crippen LogP contribution >= 0.6 is 0 Å². The molecule has 0 heterocycles. The number of aliphatic carboxylic acids is 1. The van der Waals surface area contributed by atoms with Gasteiger partial charge in [-0.3, -0.25) is 19.2 Å². The van der Waals surface area contributed by atoms with Crippen molar-refractivity contribution in [2.45, 2.75) is 43.2 Å². The molecule has 0 fully saturated rings. The number of nitrogens with one attached hydrogen (secondary N) is 1. The highest BCUT2D eigenvalue weighted by atomic mass is 32.2. The van der Waals surface area contributed by atoms with Gasteiger partial charge in [0.15, 0.2) is 22.2 Å². The summed E-state index contributed by atoms with van der Waals surface area (Å²) in [5, 5.41) is 9.99. The van der Waals surface area contributed by atoms with E-state index < -0.39 is 69.5 Å². The first-order valence-corrected chi connectivity index (χ1v) is 14.8. The van der Waals surface area contributed by atoms with Gasteiger partial charge in [0.25, 0.3) is 0 Å². The average molecular weight is 580 g/mol. The van der Waals surface area contributed by atoms with Gasteiger partial charge >= 0.3 is 11.9 Å². The lowest BCUT2D eigenvalue weighted by atomic mass is 9.92. The summed E-state index contributed by atoms with van der Waals surface area (Å²) in [5.74, 6) is -4.94. The van der Waals surface area contributed by atoms with E-state index >= 15 is 0 Å². The maximum absolute atomic E-state index is 13.1. The molecule has 0 saturated heterocycles. The SMILES string of the molecule is CC(C(=O)NC(CC(=O)O)C(=O)COC(=O)C(Cc1ccccc1)Cc1ccccc1)S(=O)(=O)Cc1ccccc1. The number of benzene rings is 3. The van der Waals surface area contributed by atoms with E-state index in [1.807, 2.05) is 60.7 Å². The molecule has 216 valence electrons. The third kappa shape index (κ3) is 9.99. The van der Waals surface area contributed by atoms with E-state index in [-0.39, 0.29) is 0 Å². The zero-order chi connectivity index (χ0) is 29.8. The van der Waals surface area contributed by atoms with E-state index in [9.17, 15) is 32.7 Å². The van der Waals surface area contributed by atoms with Gasteiger partial charge in [-0.15, -0.1) is 0 Å². The van der Waals surface area contributed by atoms with Crippen LogP contribution in [0.3, 0.4) is 0 Å². The van der Waals surface area contributed by atoms with E-state index in [0.717, 1.165) is 11.1 Å². The minimum atomic E-state index is -3.96. The van der Waals surface area contributed by atoms with E-state index in [0.29, 0.717) is 18.4 Å². The molecule has 9 nitrogen and oxygen atoms in total. The van der Waals surface area contributed by atoms with Crippen LogP contribution in [0.15, 0.2) is 91.0 Å². The zero-order valence-electron chi connectivity index (χ0n) is 22.6. The van der Waals surface area contributed by atoms with Gasteiger partial charge in [-0.25, -0.2) is 8.42 Å². The topological polar surface area (TPSA) is 144 Å². The fraction of sp³-hybridized carbons (Fsp3) is 0.290. The number of amides is 1. The minimum absolute atomic E-state index is 0.356. The number of carboxylic acids is 1. The summed E-state index contributed by atoms with van der Waals surface area (Å²) in [7, 11) is -3.96. The fourth-order valence-corrected chi connectivity index (χ4v) is 5.50. The monoisotopic (exact) mass is 579 g/mol. The van der Waals surface area contributed by atoms with Crippen LogP contribution in [0.5, 0.6) is 0 Å². The summed E-state index contributed by atoms with van der Waals surface area (Å²) in [6.45, 7) is 0.399. The van der Waals surface area contributed by atoms with E-state index in [1.165, 1.54) is 6.92 Å². The Kier molecular flexibility index (Phi) is 11.3. The van der Waals surface area contributed by atoms with Crippen molar-refractivity contribution in [1.29, 1.82) is 0 Å². The second kappa shape index (κ2) is 14.9. The molecule has 2 N–H and O–H groups in total. The highest BCUT2D eigenvalue weighted by Crippen LogP contribution is 2.17. The molecule has 0 spiro atoms. The molecule has 0 radical (unpaired) electrons. The molecule has 10 heteroatoms. The van der Waals surface area contributed by atoms with Crippen molar-refractivity contribution in [3.05, 3.63) is 108 Å². The van der Waals surface area contributed by atoms with Gasteiger partial charge in [0.1, 0.15) is 11.3 Å². The molecular weight excluding hydrogens is 546 g/mol. The largest absolute Gasteiger partial charge is 0.481 e. The molecule has 0 aliphatic rings. The first-order valence-electron chi connectivity index (χ1n) is 13.1. The number of carboxylic acid groups (broad SMARTS) is 1. The Hall–Kier alpha value is -4.31. The maximum atomic E-state index is 13.1. The van der Waals surface area contributed by atoms with Crippen LogP contribution in [-0.4, -0.2) is 55.1 Å². The molecule has 0 saturated carbocycles. The number of ether oxygens (including phenoxy) is 1. The molecule has 0 aromatic heterocycles. The summed E-state index contributed by atoms with van der Waals surface area (Å²) in [6.07, 6.45) is -0.0886. The molecular formula is C31H33NO8S. The predicted molar refractivity (Wildman–Crippen MR) is 152 cm³/mol. The number of sulfone groups is 1. The third-order valence-electron chi connectivity index (χ3n) is 6.54. The molecule has 0 bridgehead atoms. The number of carbonyl (C=O) groups excluding carboxylic acids is 3. The number of esters is 1. The Bertz CT molecular complexity index is 1390. The molecule has 0 aliphatic heterocycles. The van der Waals surface area contributed by atoms with Crippen LogP contribution in [0.25, 0.3) is 0 Å². The normalized spacial score (nSPS) is 12.7. The molecule has 3 aromatic carbocycles. The highest BCUT2D eigenvalue weighted by Gasteiger charge is 2.33. The van der Waals surface area contributed by atoms with Crippen molar-refractivity contribution in [3.63, 3.8) is 0 Å². The van der Waals surface area contributed by atoms with Crippen molar-refractivity contribution in [2.75, 3.05) is 6.61 Å². The second-order valence-electron chi connectivity index (χ2n) is 9.74. The Balaban J connectivity index is 1.66. The lowest BCUT2D eigenvalue weighted by Gasteiger charge is -2.20. The van der Waals surface area contributed by atoms with E-state index in [4.69, 9.17) is 4.74 Å². The van der Waals surface area contributed by atoms with Crippen molar-refractivity contribution in [1.82, 2.24) is 5.32 Å². The predicted octanol–water partition coefficient (Wildman–Crippen LogP) is 3.16. The zero-order valence-corrected chi connectivity index (χ0v) is 23.5. The quantitative estimate of drug-likeness (QED) is 0.261. The van der Waals surface area contributed by atoms with Gasteiger partial charge in [-0.05, 0) is 36.5 Å². The average Bonchev–Trinajstić information content (AvgIpc) is 2.95. The molecule has 1 amide bonds. The lowest BCUT2D eigenvalue weighted by molar-refractivity contribution is -0.153. The number of hydrogen-bond acceptors (Lipinski definition) is 7. The maximum Gasteiger partial charge on any atom is 0.310 e. The Labute approximate surface area is 239 Å². The summed E-state index contributed by atoms with van der Waals surface area (Å²) in [6, 6.07) is 25.3. The summed E-state index contributed by atoms with van der Waals surface area (Å²) in [5.41, 5.74) is 2.29. The summed E-state index contributed by atoms with van der Waals surface area (Å²) < 4.78 is 30.9. The highest BCUT2D eigenvalue weighted by molar-refractivity contribution is 7.92. The first kappa shape index (κ1) is 31.2. The number of hydrogen-bond donors (Lipinski definition) is 2. The van der Waals surface area contributed by atoms with Crippen LogP contribution < -0.4 is 5.32 Å². The van der Waals surface area contributed by atoms with Crippen LogP contribution in [0, 0.1) is 5.92 Å². The van der Waals surface area contributed by atoms with E-state index in [1.54, 1.807) is 30.3 Å². The lowest BCUT2D eigenvalue weighted by Crippen LogP contribution is -2.49. The summed E-state index contributed by atoms with van der Waals surface area (Å²) in [4.78, 5) is 50.2. The standard InChI is InChI=1S/C31H33NO8S/c1-22(41(38,39)21-25-15-9-4-10-16-25)30(36)32-27(19-29(34)35)28(33)20-40-31(37)26(17-23-11-5-2-6-12-23)18-24-13-7-3-8-14-24/h2-16,22,26-27H,17-21H2,1H3,(H,32,36)(H,34,35). The smallest absolute Gasteiger partial charge is 0.310 e. The van der Waals surface area contributed by atoms with Gasteiger partial charge in [-0.1, -0.05) is 91.0 Å². The second-order valence-corrected chi connectivity index (χ2v) is 12.1. The Morgan fingerprint density at radius 1 is 0.780 bits per heavy atom. The summed E-state index contributed by atoms with van der Waals surface area (Å²) >= 11 is 0. The Morgan fingerprint density at radius 3 is 1.71 bits per heavy atom. The molecule has 3 aromatic rings. The first-order chi connectivity index (χ1) is 19.5. The van der Waals surface area contributed by atoms with Crippen molar-refractivity contribution in [3.8, 4) is 0 Å². The molecule has 0 aliphatic carbocycles. The van der Waals surface area contributed by atoms with Gasteiger partial charge < -0.3 is 15.2 Å². The van der Waals surface area contributed by atoms with Crippen LogP contribution in [0.4, 0.5) is 0 Å². The molecule has 3 rings (SSSR count). The van der Waals surface area contributed by atoms with Gasteiger partial charge in [0.05, 0.1) is 18.1 Å². The van der Waals surface area contributed by atoms with Crippen LogP contribution in [0.2, 0.25) is 0 Å².